The molecule has 9 heteroatoms. The predicted molar refractivity (Wildman–Crippen MR) is 87.8 cm³/mol. The minimum atomic E-state index is -0.750. The first-order valence-electron chi connectivity index (χ1n) is 6.56. The largest absolute Gasteiger partial charge is 0.500 e. The smallest absolute Gasteiger partial charge is 0.315 e. The third kappa shape index (κ3) is 3.99. The molecule has 0 aliphatic carbocycles. The molecule has 0 unspecified atom stereocenters. The second-order valence-electron chi connectivity index (χ2n) is 4.56. The summed E-state index contributed by atoms with van der Waals surface area (Å²) in [6.07, 6.45) is 1.19. The Morgan fingerprint density at radius 1 is 1.42 bits per heavy atom. The second-order valence-corrected chi connectivity index (χ2v) is 4.99. The lowest BCUT2D eigenvalue weighted by molar-refractivity contribution is -0.386. The number of nitrogens with zero attached hydrogens (tertiary/aromatic N) is 2. The Labute approximate surface area is 141 Å². The Bertz CT molecular complexity index is 823. The molecule has 2 aromatic rings. The predicted octanol–water partition coefficient (Wildman–Crippen LogP) is 2.73. The number of rotatable bonds is 5. The highest BCUT2D eigenvalue weighted by Gasteiger charge is 2.19. The van der Waals surface area contributed by atoms with Crippen LogP contribution in [-0.2, 0) is 0 Å². The van der Waals surface area contributed by atoms with E-state index >= 15 is 0 Å². The number of nitro benzene ring substituents is 1. The van der Waals surface area contributed by atoms with Gasteiger partial charge in [0, 0.05) is 22.2 Å². The summed E-state index contributed by atoms with van der Waals surface area (Å²) >= 11 is 5.79. The average molecular weight is 350 g/mol. The van der Waals surface area contributed by atoms with Crippen molar-refractivity contribution in [3.05, 3.63) is 62.7 Å². The van der Waals surface area contributed by atoms with Gasteiger partial charge >= 0.3 is 5.69 Å². The van der Waals surface area contributed by atoms with E-state index in [2.05, 4.69) is 10.5 Å². The molecule has 0 saturated carbocycles. The highest BCUT2D eigenvalue weighted by molar-refractivity contribution is 6.30. The van der Waals surface area contributed by atoms with Gasteiger partial charge in [-0.05, 0) is 24.3 Å². The fourth-order valence-corrected chi connectivity index (χ4v) is 2.03. The summed E-state index contributed by atoms with van der Waals surface area (Å²) in [5.74, 6) is -1.15. The number of halogens is 1. The zero-order valence-corrected chi connectivity index (χ0v) is 13.1. The van der Waals surface area contributed by atoms with E-state index in [0.717, 1.165) is 6.07 Å². The maximum atomic E-state index is 11.9. The summed E-state index contributed by atoms with van der Waals surface area (Å²) in [5.41, 5.74) is 2.32. The number of nitrogens with one attached hydrogen (secondary N) is 1. The van der Waals surface area contributed by atoms with Crippen molar-refractivity contribution in [1.29, 1.82) is 0 Å². The lowest BCUT2D eigenvalue weighted by atomic mass is 10.2. The Morgan fingerprint density at radius 3 is 2.79 bits per heavy atom. The van der Waals surface area contributed by atoms with Crippen molar-refractivity contribution >= 4 is 29.4 Å². The molecule has 0 heterocycles. The standard InChI is InChI=1S/C15H12ClN3O5/c1-24-13-6-9(5-12(14(13)20)19(22)23)8-17-18-15(21)10-3-2-4-11(16)7-10/h2-8,20H,1H3,(H,18,21)/b17-8-. The monoisotopic (exact) mass is 349 g/mol. The maximum Gasteiger partial charge on any atom is 0.315 e. The number of hydrogen-bond acceptors (Lipinski definition) is 6. The van der Waals surface area contributed by atoms with Crippen LogP contribution in [0.4, 0.5) is 5.69 Å². The molecule has 2 aromatic carbocycles. The first-order chi connectivity index (χ1) is 11.4. The van der Waals surface area contributed by atoms with Gasteiger partial charge in [0.15, 0.2) is 5.75 Å². The molecule has 0 bridgehead atoms. The second kappa shape index (κ2) is 7.42. The number of hydrazone groups is 1. The minimum absolute atomic E-state index is 0.0770. The van der Waals surface area contributed by atoms with Gasteiger partial charge in [0.2, 0.25) is 5.75 Å². The van der Waals surface area contributed by atoms with Gasteiger partial charge in [-0.25, -0.2) is 5.43 Å². The number of nitro groups is 1. The van der Waals surface area contributed by atoms with Crippen molar-refractivity contribution < 1.29 is 19.6 Å². The zero-order chi connectivity index (χ0) is 17.7. The van der Waals surface area contributed by atoms with Crippen molar-refractivity contribution in [1.82, 2.24) is 5.43 Å². The Kier molecular flexibility index (Phi) is 5.33. The van der Waals surface area contributed by atoms with Gasteiger partial charge in [0.1, 0.15) is 0 Å². The Balaban J connectivity index is 2.18. The molecule has 2 rings (SSSR count). The maximum absolute atomic E-state index is 11.9. The first-order valence-corrected chi connectivity index (χ1v) is 6.94. The number of amides is 1. The van der Waals surface area contributed by atoms with E-state index in [1.54, 1.807) is 18.2 Å². The highest BCUT2D eigenvalue weighted by Crippen LogP contribution is 2.36. The number of benzene rings is 2. The topological polar surface area (TPSA) is 114 Å². The van der Waals surface area contributed by atoms with Crippen LogP contribution in [0.5, 0.6) is 11.5 Å². The normalized spacial score (nSPS) is 10.6. The van der Waals surface area contributed by atoms with E-state index in [1.807, 2.05) is 0 Å². The minimum Gasteiger partial charge on any atom is -0.500 e. The molecule has 0 saturated heterocycles. The molecule has 0 aliphatic rings. The van der Waals surface area contributed by atoms with Gasteiger partial charge < -0.3 is 9.84 Å². The molecule has 0 fully saturated rings. The summed E-state index contributed by atoms with van der Waals surface area (Å²) in [5, 5.41) is 24.7. The van der Waals surface area contributed by atoms with Gasteiger partial charge in [0.25, 0.3) is 5.91 Å². The van der Waals surface area contributed by atoms with Gasteiger partial charge in [-0.1, -0.05) is 17.7 Å². The van der Waals surface area contributed by atoms with Crippen LogP contribution in [0.1, 0.15) is 15.9 Å². The molecular formula is C15H12ClN3O5. The molecule has 0 spiro atoms. The van der Waals surface area contributed by atoms with E-state index in [-0.39, 0.29) is 11.3 Å². The van der Waals surface area contributed by atoms with Crippen molar-refractivity contribution in [2.45, 2.75) is 0 Å². The SMILES string of the molecule is COc1cc(/C=N\NC(=O)c2cccc(Cl)c2)cc([N+](=O)[O-])c1O. The van der Waals surface area contributed by atoms with E-state index in [9.17, 15) is 20.0 Å². The summed E-state index contributed by atoms with van der Waals surface area (Å²) in [7, 11) is 1.26. The van der Waals surface area contributed by atoms with Crippen LogP contribution in [0.2, 0.25) is 5.02 Å². The lowest BCUT2D eigenvalue weighted by Crippen LogP contribution is -2.17. The number of carbonyl (C=O) groups excluding carboxylic acids is 1. The fraction of sp³-hybridized carbons (Fsp3) is 0.0667. The number of carbonyl (C=O) groups is 1. The quantitative estimate of drug-likeness (QED) is 0.489. The van der Waals surface area contributed by atoms with Crippen molar-refractivity contribution in [3.8, 4) is 11.5 Å². The number of methoxy groups -OCH3 is 1. The van der Waals surface area contributed by atoms with Crippen LogP contribution in [0, 0.1) is 10.1 Å². The number of aromatic hydroxyl groups is 1. The average Bonchev–Trinajstić information content (AvgIpc) is 2.55. The third-order valence-corrected chi connectivity index (χ3v) is 3.20. The molecule has 1 amide bonds. The van der Waals surface area contributed by atoms with E-state index < -0.39 is 22.3 Å². The number of ether oxygens (including phenoxy) is 1. The molecule has 24 heavy (non-hydrogen) atoms. The Hall–Kier alpha value is -3.13. The van der Waals surface area contributed by atoms with Crippen LogP contribution in [0.3, 0.4) is 0 Å². The van der Waals surface area contributed by atoms with E-state index in [1.165, 1.54) is 25.5 Å². The number of hydrogen-bond donors (Lipinski definition) is 2. The first kappa shape index (κ1) is 17.2. The van der Waals surface area contributed by atoms with E-state index in [0.29, 0.717) is 10.6 Å². The number of phenols is 1. The third-order valence-electron chi connectivity index (χ3n) is 2.96. The molecule has 124 valence electrons. The Morgan fingerprint density at radius 2 is 2.17 bits per heavy atom. The molecule has 0 aromatic heterocycles. The van der Waals surface area contributed by atoms with E-state index in [4.69, 9.17) is 16.3 Å². The molecule has 0 atom stereocenters. The molecular weight excluding hydrogens is 338 g/mol. The van der Waals surface area contributed by atoms with Crippen molar-refractivity contribution in [3.63, 3.8) is 0 Å². The van der Waals surface area contributed by atoms with Gasteiger partial charge in [0.05, 0.1) is 18.2 Å². The van der Waals surface area contributed by atoms with Crippen LogP contribution in [0.25, 0.3) is 0 Å². The highest BCUT2D eigenvalue weighted by atomic mass is 35.5. The lowest BCUT2D eigenvalue weighted by Gasteiger charge is -2.05. The summed E-state index contributed by atoms with van der Waals surface area (Å²) in [6, 6.07) is 8.73. The summed E-state index contributed by atoms with van der Waals surface area (Å²) in [6.45, 7) is 0. The van der Waals surface area contributed by atoms with Crippen LogP contribution >= 0.6 is 11.6 Å². The molecule has 0 radical (unpaired) electrons. The molecule has 0 aliphatic heterocycles. The number of phenolic OH excluding ortho intramolecular Hbond substituents is 1. The zero-order valence-electron chi connectivity index (χ0n) is 12.4. The van der Waals surface area contributed by atoms with Gasteiger partial charge in [-0.15, -0.1) is 0 Å². The van der Waals surface area contributed by atoms with Crippen LogP contribution < -0.4 is 10.2 Å². The summed E-state index contributed by atoms with van der Waals surface area (Å²) < 4.78 is 4.87. The van der Waals surface area contributed by atoms with Crippen molar-refractivity contribution in [2.24, 2.45) is 5.10 Å². The van der Waals surface area contributed by atoms with Crippen molar-refractivity contribution in [2.75, 3.05) is 7.11 Å². The molecule has 2 N–H and O–H groups in total. The van der Waals surface area contributed by atoms with Gasteiger partial charge in [-0.3, -0.25) is 14.9 Å². The summed E-state index contributed by atoms with van der Waals surface area (Å²) in [4.78, 5) is 22.0. The molecule has 8 nitrogen and oxygen atoms in total. The van der Waals surface area contributed by atoms with Crippen LogP contribution in [-0.4, -0.2) is 29.3 Å². The fourth-order valence-electron chi connectivity index (χ4n) is 1.84. The van der Waals surface area contributed by atoms with Gasteiger partial charge in [-0.2, -0.15) is 5.10 Å². The van der Waals surface area contributed by atoms with Crippen LogP contribution in [0.15, 0.2) is 41.5 Å².